The smallest absolute Gasteiger partial charge is 0.229 e. The van der Waals surface area contributed by atoms with Crippen molar-refractivity contribution in [3.05, 3.63) is 11.9 Å². The van der Waals surface area contributed by atoms with Crippen molar-refractivity contribution in [2.45, 2.75) is 33.1 Å². The number of piperidine rings is 1. The Balaban J connectivity index is 1.77. The number of aromatic nitrogens is 2. The molecule has 1 aromatic heterocycles. The molecule has 2 heterocycles. The van der Waals surface area contributed by atoms with E-state index in [0.29, 0.717) is 30.4 Å². The second-order valence-corrected chi connectivity index (χ2v) is 8.08. The van der Waals surface area contributed by atoms with Gasteiger partial charge in [0, 0.05) is 45.1 Å². The standard InChI is InChI=1S/C16H26N6O4S/c1-3-17-13-11-14(21-12(2)20-13)18-7-8-19-27(25,26)10-9-22-15(23)5-4-6-16(22)24/h11,19H,3-10H2,1-2H3,(H2,17,18,20,21). The fourth-order valence-electron chi connectivity index (χ4n) is 2.66. The van der Waals surface area contributed by atoms with Crippen LogP contribution in [0.5, 0.6) is 0 Å². The molecule has 1 aromatic rings. The highest BCUT2D eigenvalue weighted by molar-refractivity contribution is 7.89. The van der Waals surface area contributed by atoms with Crippen LogP contribution in [-0.4, -0.2) is 67.0 Å². The SMILES string of the molecule is CCNc1cc(NCCNS(=O)(=O)CCN2C(=O)CCCC2=O)nc(C)n1. The summed E-state index contributed by atoms with van der Waals surface area (Å²) in [7, 11) is -3.59. The molecule has 1 aliphatic heterocycles. The highest BCUT2D eigenvalue weighted by Crippen LogP contribution is 2.12. The Morgan fingerprint density at radius 3 is 2.33 bits per heavy atom. The van der Waals surface area contributed by atoms with Gasteiger partial charge in [-0.15, -0.1) is 0 Å². The molecule has 11 heteroatoms. The summed E-state index contributed by atoms with van der Waals surface area (Å²) in [6, 6.07) is 1.75. The maximum absolute atomic E-state index is 12.1. The Labute approximate surface area is 159 Å². The molecular formula is C16H26N6O4S. The van der Waals surface area contributed by atoms with E-state index in [-0.39, 0.29) is 43.5 Å². The minimum atomic E-state index is -3.59. The molecule has 27 heavy (non-hydrogen) atoms. The van der Waals surface area contributed by atoms with Crippen LogP contribution >= 0.6 is 0 Å². The van der Waals surface area contributed by atoms with Gasteiger partial charge in [-0.3, -0.25) is 14.5 Å². The number of anilines is 2. The largest absolute Gasteiger partial charge is 0.370 e. The lowest BCUT2D eigenvalue weighted by molar-refractivity contribution is -0.147. The van der Waals surface area contributed by atoms with Crippen molar-refractivity contribution in [1.29, 1.82) is 0 Å². The Kier molecular flexibility index (Phi) is 7.48. The molecule has 0 radical (unpaired) electrons. The van der Waals surface area contributed by atoms with Crippen LogP contribution < -0.4 is 15.4 Å². The van der Waals surface area contributed by atoms with Gasteiger partial charge in [0.15, 0.2) is 0 Å². The number of hydrogen-bond donors (Lipinski definition) is 3. The topological polar surface area (TPSA) is 133 Å². The first-order valence-electron chi connectivity index (χ1n) is 8.94. The summed E-state index contributed by atoms with van der Waals surface area (Å²) in [5, 5.41) is 6.14. The van der Waals surface area contributed by atoms with Gasteiger partial charge < -0.3 is 10.6 Å². The van der Waals surface area contributed by atoms with E-state index in [0.717, 1.165) is 11.4 Å². The van der Waals surface area contributed by atoms with Crippen LogP contribution in [0.1, 0.15) is 32.0 Å². The van der Waals surface area contributed by atoms with Gasteiger partial charge in [0.05, 0.1) is 5.75 Å². The first-order valence-corrected chi connectivity index (χ1v) is 10.6. The van der Waals surface area contributed by atoms with Crippen LogP contribution in [0.4, 0.5) is 11.6 Å². The summed E-state index contributed by atoms with van der Waals surface area (Å²) in [6.07, 6.45) is 1.11. The fraction of sp³-hybridized carbons (Fsp3) is 0.625. The van der Waals surface area contributed by atoms with Gasteiger partial charge in [-0.2, -0.15) is 0 Å². The van der Waals surface area contributed by atoms with E-state index in [9.17, 15) is 18.0 Å². The number of rotatable bonds is 10. The zero-order chi connectivity index (χ0) is 19.9. The molecule has 0 aliphatic carbocycles. The van der Waals surface area contributed by atoms with Crippen molar-refractivity contribution in [3.63, 3.8) is 0 Å². The van der Waals surface area contributed by atoms with Crippen LogP contribution in [0, 0.1) is 6.92 Å². The number of likely N-dealkylation sites (tertiary alicyclic amines) is 1. The quantitative estimate of drug-likeness (QED) is 0.373. The summed E-state index contributed by atoms with van der Waals surface area (Å²) < 4.78 is 26.6. The normalized spacial score (nSPS) is 15.1. The Morgan fingerprint density at radius 2 is 1.70 bits per heavy atom. The molecule has 0 unspecified atom stereocenters. The predicted octanol–water partition coefficient (Wildman–Crippen LogP) is 0.0872. The Hall–Kier alpha value is -2.27. The third-order valence-electron chi connectivity index (χ3n) is 3.92. The van der Waals surface area contributed by atoms with Crippen molar-refractivity contribution in [1.82, 2.24) is 19.6 Å². The summed E-state index contributed by atoms with van der Waals surface area (Å²) in [5.41, 5.74) is 0. The van der Waals surface area contributed by atoms with E-state index >= 15 is 0 Å². The van der Waals surface area contributed by atoms with Gasteiger partial charge in [0.2, 0.25) is 21.8 Å². The second-order valence-electron chi connectivity index (χ2n) is 6.15. The average Bonchev–Trinajstić information content (AvgIpc) is 2.58. The monoisotopic (exact) mass is 398 g/mol. The number of carbonyl (C=O) groups is 2. The Bertz CT molecular complexity index is 767. The summed E-state index contributed by atoms with van der Waals surface area (Å²) in [6.45, 7) is 4.85. The van der Waals surface area contributed by atoms with E-state index in [4.69, 9.17) is 0 Å². The fourth-order valence-corrected chi connectivity index (χ4v) is 3.64. The number of hydrogen-bond acceptors (Lipinski definition) is 8. The summed E-state index contributed by atoms with van der Waals surface area (Å²) in [4.78, 5) is 32.9. The lowest BCUT2D eigenvalue weighted by Gasteiger charge is -2.24. The lowest BCUT2D eigenvalue weighted by Crippen LogP contribution is -2.44. The van der Waals surface area contributed by atoms with Crippen LogP contribution in [0.15, 0.2) is 6.07 Å². The van der Waals surface area contributed by atoms with Gasteiger partial charge in [-0.1, -0.05) is 0 Å². The maximum Gasteiger partial charge on any atom is 0.229 e. The zero-order valence-electron chi connectivity index (χ0n) is 15.6. The van der Waals surface area contributed by atoms with Crippen molar-refractivity contribution >= 4 is 33.5 Å². The highest BCUT2D eigenvalue weighted by Gasteiger charge is 2.27. The van der Waals surface area contributed by atoms with Crippen LogP contribution in [0.2, 0.25) is 0 Å². The van der Waals surface area contributed by atoms with E-state index in [1.807, 2.05) is 6.92 Å². The molecule has 0 atom stereocenters. The molecule has 0 bridgehead atoms. The molecule has 1 saturated heterocycles. The third-order valence-corrected chi connectivity index (χ3v) is 5.28. The molecule has 1 aliphatic rings. The average molecular weight is 398 g/mol. The number of aryl methyl sites for hydroxylation is 1. The highest BCUT2D eigenvalue weighted by atomic mass is 32.2. The lowest BCUT2D eigenvalue weighted by atomic mass is 10.1. The number of carbonyl (C=O) groups excluding carboxylic acids is 2. The number of nitrogens with one attached hydrogen (secondary N) is 3. The molecule has 0 saturated carbocycles. The van der Waals surface area contributed by atoms with Gasteiger partial charge in [-0.25, -0.2) is 23.1 Å². The minimum Gasteiger partial charge on any atom is -0.370 e. The maximum atomic E-state index is 12.1. The van der Waals surface area contributed by atoms with E-state index in [1.54, 1.807) is 13.0 Å². The van der Waals surface area contributed by atoms with E-state index in [2.05, 4.69) is 25.3 Å². The van der Waals surface area contributed by atoms with Gasteiger partial charge in [-0.05, 0) is 20.3 Å². The van der Waals surface area contributed by atoms with Crippen molar-refractivity contribution in [3.8, 4) is 0 Å². The third kappa shape index (κ3) is 6.75. The number of imide groups is 1. The first-order chi connectivity index (χ1) is 12.8. The van der Waals surface area contributed by atoms with Crippen molar-refractivity contribution in [2.24, 2.45) is 0 Å². The summed E-state index contributed by atoms with van der Waals surface area (Å²) in [5.74, 6) is 0.984. The van der Waals surface area contributed by atoms with Gasteiger partial charge >= 0.3 is 0 Å². The molecule has 10 nitrogen and oxygen atoms in total. The van der Waals surface area contributed by atoms with Crippen LogP contribution in [-0.2, 0) is 19.6 Å². The van der Waals surface area contributed by atoms with Crippen molar-refractivity contribution in [2.75, 3.05) is 42.6 Å². The predicted molar refractivity (Wildman–Crippen MR) is 102 cm³/mol. The molecule has 2 rings (SSSR count). The minimum absolute atomic E-state index is 0.114. The molecule has 0 spiro atoms. The molecule has 150 valence electrons. The molecular weight excluding hydrogens is 372 g/mol. The number of amides is 2. The van der Waals surface area contributed by atoms with E-state index in [1.165, 1.54) is 0 Å². The zero-order valence-corrected chi connectivity index (χ0v) is 16.4. The summed E-state index contributed by atoms with van der Waals surface area (Å²) >= 11 is 0. The molecule has 2 amide bonds. The van der Waals surface area contributed by atoms with E-state index < -0.39 is 10.0 Å². The van der Waals surface area contributed by atoms with Crippen molar-refractivity contribution < 1.29 is 18.0 Å². The van der Waals surface area contributed by atoms with Gasteiger partial charge in [0.1, 0.15) is 17.5 Å². The van der Waals surface area contributed by atoms with Crippen LogP contribution in [0.25, 0.3) is 0 Å². The molecule has 0 aromatic carbocycles. The molecule has 3 N–H and O–H groups in total. The second kappa shape index (κ2) is 9.60. The number of sulfonamides is 1. The molecule has 1 fully saturated rings. The number of nitrogens with zero attached hydrogens (tertiary/aromatic N) is 3. The Morgan fingerprint density at radius 1 is 1.07 bits per heavy atom. The first kappa shape index (κ1) is 21.0. The van der Waals surface area contributed by atoms with Crippen LogP contribution in [0.3, 0.4) is 0 Å². The van der Waals surface area contributed by atoms with Gasteiger partial charge in [0.25, 0.3) is 0 Å².